The largest absolute Gasteiger partial charge is 0.392 e. The molecule has 0 spiro atoms. The van der Waals surface area contributed by atoms with Gasteiger partial charge in [0.25, 0.3) is 0 Å². The molecule has 0 aromatic rings. The van der Waals surface area contributed by atoms with Crippen molar-refractivity contribution in [3.8, 4) is 6.07 Å². The summed E-state index contributed by atoms with van der Waals surface area (Å²) in [5.41, 5.74) is -1.43. The number of ether oxygens (including phenoxy) is 1. The molecule has 0 aromatic heterocycles. The number of aliphatic hydroxyl groups excluding tert-OH is 1. The molecule has 11 heavy (non-hydrogen) atoms. The van der Waals surface area contributed by atoms with E-state index >= 15 is 0 Å². The van der Waals surface area contributed by atoms with E-state index in [2.05, 4.69) is 0 Å². The average molecular weight is 159 g/mol. The molecule has 0 radical (unpaired) electrons. The highest BCUT2D eigenvalue weighted by Gasteiger charge is 2.48. The lowest BCUT2D eigenvalue weighted by molar-refractivity contribution is -0.156. The number of nitriles is 1. The van der Waals surface area contributed by atoms with Gasteiger partial charge in [-0.25, -0.2) is 0 Å². The maximum Gasteiger partial charge on any atom is 0.190 e. The summed E-state index contributed by atoms with van der Waals surface area (Å²) in [6.07, 6.45) is -0.271. The molecule has 0 aliphatic carbocycles. The lowest BCUT2D eigenvalue weighted by Gasteiger charge is -2.16. The van der Waals surface area contributed by atoms with Crippen LogP contribution in [0.5, 0.6) is 0 Å². The maximum atomic E-state index is 8.96. The van der Waals surface area contributed by atoms with Crippen LogP contribution < -0.4 is 0 Å². The van der Waals surface area contributed by atoms with Gasteiger partial charge in [0.1, 0.15) is 12.7 Å². The van der Waals surface area contributed by atoms with Gasteiger partial charge in [-0.2, -0.15) is 5.26 Å². The molecule has 1 aliphatic heterocycles. The van der Waals surface area contributed by atoms with Crippen molar-refractivity contribution in [2.24, 2.45) is 0 Å². The molecule has 5 heteroatoms. The van der Waals surface area contributed by atoms with E-state index in [0.29, 0.717) is 0 Å². The Labute approximate surface area is 63.4 Å². The minimum absolute atomic E-state index is 0.271. The molecule has 1 heterocycles. The van der Waals surface area contributed by atoms with E-state index in [9.17, 15) is 0 Å². The SMILES string of the molecule is N#CC1(CO)CC(O)(O)CO1. The Hall–Kier alpha value is -0.670. The van der Waals surface area contributed by atoms with E-state index in [-0.39, 0.29) is 13.0 Å². The summed E-state index contributed by atoms with van der Waals surface area (Å²) >= 11 is 0. The van der Waals surface area contributed by atoms with Gasteiger partial charge in [-0.05, 0) is 0 Å². The van der Waals surface area contributed by atoms with Gasteiger partial charge < -0.3 is 20.1 Å². The molecule has 62 valence electrons. The molecule has 5 nitrogen and oxygen atoms in total. The van der Waals surface area contributed by atoms with Gasteiger partial charge in [0.15, 0.2) is 11.4 Å². The van der Waals surface area contributed by atoms with Crippen LogP contribution in [0.1, 0.15) is 6.42 Å². The van der Waals surface area contributed by atoms with Gasteiger partial charge in [-0.3, -0.25) is 0 Å². The maximum absolute atomic E-state index is 8.96. The highest BCUT2D eigenvalue weighted by Crippen LogP contribution is 2.30. The molecular weight excluding hydrogens is 150 g/mol. The Balaban J connectivity index is 2.72. The fourth-order valence-corrected chi connectivity index (χ4v) is 1.02. The van der Waals surface area contributed by atoms with Crippen molar-refractivity contribution in [3.05, 3.63) is 0 Å². The van der Waals surface area contributed by atoms with Crippen molar-refractivity contribution < 1.29 is 20.1 Å². The van der Waals surface area contributed by atoms with Crippen LogP contribution >= 0.6 is 0 Å². The third-order valence-corrected chi connectivity index (χ3v) is 1.61. The molecule has 0 amide bonds. The quantitative estimate of drug-likeness (QED) is 0.398. The lowest BCUT2D eigenvalue weighted by Crippen LogP contribution is -2.34. The molecule has 1 aliphatic rings. The van der Waals surface area contributed by atoms with Crippen LogP contribution in [0.3, 0.4) is 0 Å². The van der Waals surface area contributed by atoms with Gasteiger partial charge in [0.2, 0.25) is 0 Å². The Kier molecular flexibility index (Phi) is 1.86. The number of nitrogens with zero attached hydrogens (tertiary/aromatic N) is 1. The van der Waals surface area contributed by atoms with E-state index in [1.54, 1.807) is 6.07 Å². The normalized spacial score (nSPS) is 35.1. The van der Waals surface area contributed by atoms with Crippen LogP contribution in [0.15, 0.2) is 0 Å². The Bertz CT molecular complexity index is 197. The second-order valence-electron chi connectivity index (χ2n) is 2.71. The first-order valence-corrected chi connectivity index (χ1v) is 3.14. The van der Waals surface area contributed by atoms with E-state index in [1.165, 1.54) is 0 Å². The van der Waals surface area contributed by atoms with Crippen LogP contribution in [0.25, 0.3) is 0 Å². The molecule has 0 bridgehead atoms. The van der Waals surface area contributed by atoms with Crippen LogP contribution in [-0.2, 0) is 4.74 Å². The highest BCUT2D eigenvalue weighted by atomic mass is 16.6. The zero-order valence-corrected chi connectivity index (χ0v) is 5.82. The Morgan fingerprint density at radius 3 is 2.36 bits per heavy atom. The molecule has 1 unspecified atom stereocenters. The smallest absolute Gasteiger partial charge is 0.190 e. The molecule has 1 atom stereocenters. The summed E-state index contributed by atoms with van der Waals surface area (Å²) < 4.78 is 4.74. The van der Waals surface area contributed by atoms with E-state index in [1.807, 2.05) is 0 Å². The second-order valence-corrected chi connectivity index (χ2v) is 2.71. The van der Waals surface area contributed by atoms with Gasteiger partial charge in [-0.15, -0.1) is 0 Å². The number of aliphatic hydroxyl groups is 3. The van der Waals surface area contributed by atoms with Crippen LogP contribution in [0.4, 0.5) is 0 Å². The Morgan fingerprint density at radius 1 is 1.55 bits per heavy atom. The second kappa shape index (κ2) is 2.43. The lowest BCUT2D eigenvalue weighted by atomic mass is 10.0. The first kappa shape index (κ1) is 8.43. The standard InChI is InChI=1S/C6H9NO4/c7-2-5(3-8)1-6(9,10)4-11-5/h8-10H,1,3-4H2. The molecule has 3 N–H and O–H groups in total. The predicted molar refractivity (Wildman–Crippen MR) is 33.2 cm³/mol. The zero-order valence-electron chi connectivity index (χ0n) is 5.82. The third-order valence-electron chi connectivity index (χ3n) is 1.61. The number of rotatable bonds is 1. The molecular formula is C6H9NO4. The summed E-state index contributed by atoms with van der Waals surface area (Å²) in [4.78, 5) is 0. The van der Waals surface area contributed by atoms with Crippen LogP contribution in [-0.4, -0.2) is 39.9 Å². The van der Waals surface area contributed by atoms with Crippen LogP contribution in [0, 0.1) is 11.3 Å². The van der Waals surface area contributed by atoms with E-state index in [0.717, 1.165) is 0 Å². The summed E-state index contributed by atoms with van der Waals surface area (Å²) in [5, 5.41) is 35.1. The fourth-order valence-electron chi connectivity index (χ4n) is 1.02. The fraction of sp³-hybridized carbons (Fsp3) is 0.833. The zero-order chi connectivity index (χ0) is 8.54. The third kappa shape index (κ3) is 1.49. The van der Waals surface area contributed by atoms with Crippen molar-refractivity contribution in [2.45, 2.75) is 17.8 Å². The van der Waals surface area contributed by atoms with Crippen molar-refractivity contribution in [1.29, 1.82) is 5.26 Å². The van der Waals surface area contributed by atoms with Gasteiger partial charge in [0.05, 0.1) is 6.61 Å². The highest BCUT2D eigenvalue weighted by molar-refractivity contribution is 5.07. The summed E-state index contributed by atoms with van der Waals surface area (Å²) in [6.45, 7) is -0.854. The summed E-state index contributed by atoms with van der Waals surface area (Å²) in [7, 11) is 0. The average Bonchev–Trinajstić information content (AvgIpc) is 2.28. The monoisotopic (exact) mass is 159 g/mol. The van der Waals surface area contributed by atoms with Crippen molar-refractivity contribution in [1.82, 2.24) is 0 Å². The topological polar surface area (TPSA) is 93.7 Å². The van der Waals surface area contributed by atoms with Gasteiger partial charge in [0, 0.05) is 6.42 Å². The summed E-state index contributed by atoms with van der Waals surface area (Å²) in [5.74, 6) is -1.97. The van der Waals surface area contributed by atoms with Gasteiger partial charge >= 0.3 is 0 Å². The van der Waals surface area contributed by atoms with E-state index < -0.39 is 18.0 Å². The van der Waals surface area contributed by atoms with E-state index in [4.69, 9.17) is 25.3 Å². The molecule has 1 fully saturated rings. The Morgan fingerprint density at radius 2 is 2.18 bits per heavy atom. The van der Waals surface area contributed by atoms with Crippen molar-refractivity contribution >= 4 is 0 Å². The summed E-state index contributed by atoms with van der Waals surface area (Å²) in [6, 6.07) is 1.69. The number of hydrogen-bond donors (Lipinski definition) is 3. The predicted octanol–water partition coefficient (Wildman–Crippen LogP) is -1.66. The minimum atomic E-state index is -1.97. The molecule has 1 rings (SSSR count). The minimum Gasteiger partial charge on any atom is -0.392 e. The first-order valence-electron chi connectivity index (χ1n) is 3.14. The number of hydrogen-bond acceptors (Lipinski definition) is 5. The first-order chi connectivity index (χ1) is 5.04. The van der Waals surface area contributed by atoms with Crippen molar-refractivity contribution in [3.63, 3.8) is 0 Å². The van der Waals surface area contributed by atoms with Crippen molar-refractivity contribution in [2.75, 3.05) is 13.2 Å². The molecule has 0 aromatic carbocycles. The molecule has 1 saturated heterocycles. The van der Waals surface area contributed by atoms with Crippen LogP contribution in [0.2, 0.25) is 0 Å². The molecule has 0 saturated carbocycles. The van der Waals surface area contributed by atoms with Gasteiger partial charge in [-0.1, -0.05) is 0 Å².